The van der Waals surface area contributed by atoms with Crippen LogP contribution in [0.15, 0.2) is 114 Å². The number of piperazine rings is 1. The molecule has 5 aromatic rings. The van der Waals surface area contributed by atoms with Gasteiger partial charge in [0.05, 0.1) is 15.4 Å². The second-order valence-electron chi connectivity index (χ2n) is 15.7. The predicted molar refractivity (Wildman–Crippen MR) is 239 cm³/mol. The van der Waals surface area contributed by atoms with Gasteiger partial charge in [0, 0.05) is 81.9 Å². The van der Waals surface area contributed by atoms with Crippen LogP contribution < -0.4 is 19.7 Å². The molecular formula is C46H51ClN6O7S. The molecule has 0 aliphatic carbocycles. The van der Waals surface area contributed by atoms with Gasteiger partial charge in [0.15, 0.2) is 0 Å². The number of carbonyl (C=O) groups is 1. The zero-order valence-electron chi connectivity index (χ0n) is 34.4. The standard InChI is InChI=1S/C46H51ClN6O7S/c1-50(2)22-19-33-7-14-39(15-8-33)60-45-29-38(52-25-23-51(24-26-52)32-36-5-3-4-6-41(36)35-9-11-37(47)12-10-35)13-17-42(45)46(54)49-61(57,58)40-16-18-43(44(30-40)53(55)56)48-31-34-20-27-59-28-21-34/h3-18,29-30,34,48H,19-28,31-32H2,1-2H3,(H,49,54). The fourth-order valence-electron chi connectivity index (χ4n) is 7.58. The van der Waals surface area contributed by atoms with Crippen molar-refractivity contribution in [3.63, 3.8) is 0 Å². The molecule has 0 unspecified atom stereocenters. The van der Waals surface area contributed by atoms with Crippen LogP contribution >= 0.6 is 11.6 Å². The first-order valence-electron chi connectivity index (χ1n) is 20.5. The van der Waals surface area contributed by atoms with Crippen LogP contribution in [0.2, 0.25) is 5.02 Å². The molecule has 13 nitrogen and oxygen atoms in total. The van der Waals surface area contributed by atoms with Gasteiger partial charge in [-0.15, -0.1) is 0 Å². The zero-order valence-corrected chi connectivity index (χ0v) is 36.0. The summed E-state index contributed by atoms with van der Waals surface area (Å²) in [6.45, 7) is 6.39. The van der Waals surface area contributed by atoms with Crippen molar-refractivity contribution in [1.82, 2.24) is 14.5 Å². The Balaban J connectivity index is 1.08. The summed E-state index contributed by atoms with van der Waals surface area (Å²) < 4.78 is 41.2. The van der Waals surface area contributed by atoms with Crippen LogP contribution in [-0.4, -0.2) is 95.6 Å². The van der Waals surface area contributed by atoms with Gasteiger partial charge >= 0.3 is 0 Å². The lowest BCUT2D eigenvalue weighted by Gasteiger charge is -2.36. The van der Waals surface area contributed by atoms with Crippen LogP contribution in [-0.2, 0) is 27.7 Å². The first kappa shape index (κ1) is 43.6. The number of rotatable bonds is 16. The van der Waals surface area contributed by atoms with Crippen LogP contribution in [0.4, 0.5) is 17.1 Å². The molecule has 15 heteroatoms. The molecule has 2 heterocycles. The quantitative estimate of drug-likeness (QED) is 0.0733. The fourth-order valence-corrected chi connectivity index (χ4v) is 8.69. The number of amides is 1. The predicted octanol–water partition coefficient (Wildman–Crippen LogP) is 8.09. The van der Waals surface area contributed by atoms with Gasteiger partial charge in [0.25, 0.3) is 21.6 Å². The Hall–Kier alpha value is -5.51. The largest absolute Gasteiger partial charge is 0.456 e. The minimum absolute atomic E-state index is 0.00861. The smallest absolute Gasteiger partial charge is 0.293 e. The number of sulfonamides is 1. The van der Waals surface area contributed by atoms with Crippen molar-refractivity contribution in [2.45, 2.75) is 30.7 Å². The Labute approximate surface area is 362 Å². The highest BCUT2D eigenvalue weighted by Crippen LogP contribution is 2.33. The van der Waals surface area contributed by atoms with E-state index in [1.54, 1.807) is 18.2 Å². The van der Waals surface area contributed by atoms with Crippen molar-refractivity contribution in [1.29, 1.82) is 0 Å². The topological polar surface area (TPSA) is 147 Å². The summed E-state index contributed by atoms with van der Waals surface area (Å²) in [6, 6.07) is 32.5. The lowest BCUT2D eigenvalue weighted by molar-refractivity contribution is -0.384. The van der Waals surface area contributed by atoms with Crippen molar-refractivity contribution >= 4 is 44.6 Å². The maximum Gasteiger partial charge on any atom is 0.293 e. The van der Waals surface area contributed by atoms with Gasteiger partial charge in [0.1, 0.15) is 17.2 Å². The van der Waals surface area contributed by atoms with Crippen LogP contribution in [0.1, 0.15) is 34.3 Å². The van der Waals surface area contributed by atoms with Crippen molar-refractivity contribution in [3.05, 3.63) is 141 Å². The highest BCUT2D eigenvalue weighted by molar-refractivity contribution is 7.90. The van der Waals surface area contributed by atoms with E-state index < -0.39 is 31.4 Å². The molecular weight excluding hydrogens is 816 g/mol. The molecule has 0 radical (unpaired) electrons. The van der Waals surface area contributed by atoms with Gasteiger partial charge in [-0.3, -0.25) is 19.8 Å². The van der Waals surface area contributed by atoms with Gasteiger partial charge in [-0.25, -0.2) is 13.1 Å². The molecule has 2 N–H and O–H groups in total. The summed E-state index contributed by atoms with van der Waals surface area (Å²) in [7, 11) is -0.508. The molecule has 0 aromatic heterocycles. The Morgan fingerprint density at radius 2 is 1.64 bits per heavy atom. The molecule has 2 aliphatic rings. The number of carbonyl (C=O) groups excluding carboxylic acids is 1. The van der Waals surface area contributed by atoms with E-state index in [1.165, 1.54) is 23.3 Å². The molecule has 0 bridgehead atoms. The van der Waals surface area contributed by atoms with Crippen molar-refractivity contribution in [3.8, 4) is 22.6 Å². The first-order valence-corrected chi connectivity index (χ1v) is 22.3. The molecule has 320 valence electrons. The average molecular weight is 867 g/mol. The van der Waals surface area contributed by atoms with E-state index in [-0.39, 0.29) is 22.9 Å². The molecule has 0 spiro atoms. The van der Waals surface area contributed by atoms with Crippen molar-refractivity contribution in [2.24, 2.45) is 5.92 Å². The molecule has 7 rings (SSSR count). The summed E-state index contributed by atoms with van der Waals surface area (Å²) in [4.78, 5) is 31.7. The summed E-state index contributed by atoms with van der Waals surface area (Å²) in [6.07, 6.45) is 2.50. The number of hydrogen-bond acceptors (Lipinski definition) is 11. The van der Waals surface area contributed by atoms with E-state index >= 15 is 0 Å². The Kier molecular flexibility index (Phi) is 14.2. The number of ether oxygens (including phenoxy) is 2. The van der Waals surface area contributed by atoms with Crippen molar-refractivity contribution < 1.29 is 27.6 Å². The Bertz CT molecular complexity index is 2420. The van der Waals surface area contributed by atoms with E-state index in [0.29, 0.717) is 43.6 Å². The number of halogens is 1. The van der Waals surface area contributed by atoms with Crippen LogP contribution in [0.5, 0.6) is 11.5 Å². The summed E-state index contributed by atoms with van der Waals surface area (Å²) in [5.41, 5.74) is 5.22. The second-order valence-corrected chi connectivity index (χ2v) is 17.8. The summed E-state index contributed by atoms with van der Waals surface area (Å²) >= 11 is 6.16. The minimum Gasteiger partial charge on any atom is -0.456 e. The minimum atomic E-state index is -4.54. The number of nitrogens with zero attached hydrogens (tertiary/aromatic N) is 4. The van der Waals surface area contributed by atoms with Gasteiger partial charge in [0.2, 0.25) is 0 Å². The zero-order chi connectivity index (χ0) is 42.9. The molecule has 2 aliphatic heterocycles. The molecule has 1 amide bonds. The van der Waals surface area contributed by atoms with E-state index in [0.717, 1.165) is 68.3 Å². The normalized spacial score (nSPS) is 15.1. The van der Waals surface area contributed by atoms with Crippen LogP contribution in [0.25, 0.3) is 11.1 Å². The number of nitro benzene ring substituents is 1. The molecule has 2 fully saturated rings. The van der Waals surface area contributed by atoms with Crippen LogP contribution in [0, 0.1) is 16.0 Å². The van der Waals surface area contributed by atoms with Gasteiger partial charge in [-0.05, 0) is 110 Å². The number of benzene rings is 5. The summed E-state index contributed by atoms with van der Waals surface area (Å²) in [5.74, 6) is -0.00727. The van der Waals surface area contributed by atoms with Crippen molar-refractivity contribution in [2.75, 3.05) is 76.8 Å². The molecule has 0 saturated carbocycles. The Morgan fingerprint density at radius 1 is 0.918 bits per heavy atom. The highest BCUT2D eigenvalue weighted by atomic mass is 35.5. The maximum atomic E-state index is 13.9. The SMILES string of the molecule is CN(C)CCc1ccc(Oc2cc(N3CCN(Cc4ccccc4-c4ccc(Cl)cc4)CC3)ccc2C(=O)NS(=O)(=O)c2ccc(NCC3CCOCC3)c([N+](=O)[O-])c2)cc1. The van der Waals surface area contributed by atoms with Crippen LogP contribution in [0.3, 0.4) is 0 Å². The lowest BCUT2D eigenvalue weighted by atomic mass is 9.99. The molecule has 2 saturated heterocycles. The molecule has 61 heavy (non-hydrogen) atoms. The second kappa shape index (κ2) is 19.9. The number of anilines is 2. The maximum absolute atomic E-state index is 13.9. The third-order valence-electron chi connectivity index (χ3n) is 11.1. The Morgan fingerprint density at radius 3 is 2.34 bits per heavy atom. The molecule has 0 atom stereocenters. The van der Waals surface area contributed by atoms with E-state index in [2.05, 4.69) is 42.9 Å². The average Bonchev–Trinajstić information content (AvgIpc) is 3.26. The highest BCUT2D eigenvalue weighted by Gasteiger charge is 2.27. The first-order chi connectivity index (χ1) is 29.4. The fraction of sp³-hybridized carbons (Fsp3) is 0.326. The third-order valence-corrected chi connectivity index (χ3v) is 12.7. The number of likely N-dealkylation sites (N-methyl/N-ethyl adjacent to an activating group) is 1. The van der Waals surface area contributed by atoms with E-state index in [1.807, 2.05) is 68.7 Å². The summed E-state index contributed by atoms with van der Waals surface area (Å²) in [5, 5.41) is 15.9. The van der Waals surface area contributed by atoms with E-state index in [4.69, 9.17) is 21.1 Å². The van der Waals surface area contributed by atoms with Gasteiger partial charge in [-0.1, -0.05) is 60.1 Å². The number of hydrogen-bond donors (Lipinski definition) is 2. The number of nitro groups is 1. The molecule has 5 aromatic carbocycles. The lowest BCUT2D eigenvalue weighted by Crippen LogP contribution is -2.46. The van der Waals surface area contributed by atoms with E-state index in [9.17, 15) is 23.3 Å². The third kappa shape index (κ3) is 11.5. The monoisotopic (exact) mass is 866 g/mol. The van der Waals surface area contributed by atoms with Gasteiger partial charge in [-0.2, -0.15) is 0 Å². The van der Waals surface area contributed by atoms with Gasteiger partial charge < -0.3 is 24.6 Å². The number of nitrogens with one attached hydrogen (secondary N) is 2.